The van der Waals surface area contributed by atoms with Gasteiger partial charge in [0.1, 0.15) is 40.7 Å². The zero-order valence-corrected chi connectivity index (χ0v) is 84.8. The predicted octanol–water partition coefficient (Wildman–Crippen LogP) is 17.9. The van der Waals surface area contributed by atoms with E-state index in [2.05, 4.69) is 128 Å². The molecule has 30 nitrogen and oxygen atoms in total. The number of ether oxygens (including phenoxy) is 7. The summed E-state index contributed by atoms with van der Waals surface area (Å²) in [6.45, 7) is 24.4. The van der Waals surface area contributed by atoms with Crippen LogP contribution < -0.4 is 43.4 Å². The average molecular weight is 2100 g/mol. The van der Waals surface area contributed by atoms with E-state index in [0.717, 1.165) is 77.6 Å². The number of alkyl halides is 3. The van der Waals surface area contributed by atoms with Crippen molar-refractivity contribution >= 4 is 188 Å². The van der Waals surface area contributed by atoms with E-state index in [1.54, 1.807) is 140 Å². The summed E-state index contributed by atoms with van der Waals surface area (Å²) in [5.41, 5.74) is 15.8. The van der Waals surface area contributed by atoms with Crippen LogP contribution in [0.2, 0.25) is 0 Å². The molecule has 1 aliphatic rings. The summed E-state index contributed by atoms with van der Waals surface area (Å²) in [6.07, 6.45) is -1.23. The van der Waals surface area contributed by atoms with Crippen molar-refractivity contribution in [3.63, 3.8) is 0 Å². The summed E-state index contributed by atoms with van der Waals surface area (Å²) >= 11 is 15.4. The second kappa shape index (κ2) is 61.6. The van der Waals surface area contributed by atoms with Gasteiger partial charge in [-0.1, -0.05) is 81.4 Å². The molecule has 4 atom stereocenters. The number of hydrogen-bond donors (Lipinski definition) is 10. The molecule has 1 aliphatic carbocycles. The molecule has 1 saturated carbocycles. The van der Waals surface area contributed by atoms with Gasteiger partial charge in [0, 0.05) is 52.0 Å². The number of Topliss-reactive ketones (excluding diaryl/α,β-unsaturated/α-hetero) is 1. The minimum absolute atomic E-state index is 0. The average Bonchev–Trinajstić information content (AvgIpc) is 1.75. The molecule has 8 aromatic rings. The topological polar surface area (TPSA) is 443 Å². The molecule has 4 aromatic carbocycles. The van der Waals surface area contributed by atoms with Crippen LogP contribution in [-0.2, 0) is 87.6 Å². The fraction of sp³-hybridized carbons (Fsp3) is 0.418. The predicted molar refractivity (Wildman–Crippen MR) is 521 cm³/mol. The van der Waals surface area contributed by atoms with E-state index >= 15 is 0 Å². The number of thiophene rings is 4. The summed E-state index contributed by atoms with van der Waals surface area (Å²) in [5, 5.41) is 28.7. The van der Waals surface area contributed by atoms with Crippen molar-refractivity contribution < 1.29 is 114 Å². The number of nitrogens with one attached hydrogen (secondary N) is 6. The second-order valence-corrected chi connectivity index (χ2v) is 39.4. The maximum atomic E-state index is 12.8. The van der Waals surface area contributed by atoms with E-state index < -0.39 is 89.6 Å². The molecule has 0 saturated heterocycles. The molecular formula is C91H117BBr2ClF3N9O21S5. The number of ketones is 1. The van der Waals surface area contributed by atoms with Gasteiger partial charge in [-0.15, -0.1) is 57.8 Å². The molecular weight excluding hydrogens is 1980 g/mol. The monoisotopic (exact) mass is 2090 g/mol. The van der Waals surface area contributed by atoms with Crippen LogP contribution in [0.4, 0.5) is 27.6 Å². The number of halogens is 6. The molecule has 4 heterocycles. The number of carbonyl (C=O) groups excluding carboxylic acids is 12. The van der Waals surface area contributed by atoms with Crippen molar-refractivity contribution in [1.82, 2.24) is 31.9 Å². The summed E-state index contributed by atoms with van der Waals surface area (Å²) in [5.74, 6) is -2.19. The van der Waals surface area contributed by atoms with Crippen molar-refractivity contribution in [2.75, 3.05) is 54.6 Å². The molecule has 4 unspecified atom stereocenters. The number of aldehydes is 1. The van der Waals surface area contributed by atoms with Gasteiger partial charge in [-0.05, 0) is 269 Å². The number of methoxy groups -OCH3 is 4. The zero-order valence-electron chi connectivity index (χ0n) is 76.6. The number of alkyl carbamates (subject to hydrolysis) is 3. The van der Waals surface area contributed by atoms with Crippen LogP contribution in [-0.4, -0.2) is 168 Å². The Kier molecular flexibility index (Phi) is 56.0. The number of carboxylic acids is 1. The van der Waals surface area contributed by atoms with Crippen molar-refractivity contribution in [2.24, 2.45) is 27.1 Å². The van der Waals surface area contributed by atoms with E-state index in [1.165, 1.54) is 73.8 Å². The van der Waals surface area contributed by atoms with Gasteiger partial charge in [0.05, 0.1) is 58.3 Å². The molecule has 11 N–H and O–H groups in total. The normalized spacial score (nSPS) is 12.4. The number of nitrogens with zero attached hydrogens (tertiary/aromatic N) is 1. The quantitative estimate of drug-likeness (QED) is 0.00791. The van der Waals surface area contributed by atoms with Crippen LogP contribution in [0.3, 0.4) is 0 Å². The molecule has 133 heavy (non-hydrogen) atoms. The van der Waals surface area contributed by atoms with Gasteiger partial charge >= 0.3 is 79.1 Å². The number of carboxylic acid groups (broad SMARTS) is 1. The van der Waals surface area contributed by atoms with Gasteiger partial charge in [0.25, 0.3) is 0 Å². The summed E-state index contributed by atoms with van der Waals surface area (Å²) in [6, 6.07) is 39.2. The fourth-order valence-electron chi connectivity index (χ4n) is 11.1. The number of aliphatic carboxylic acids is 1. The van der Waals surface area contributed by atoms with Gasteiger partial charge in [-0.25, -0.2) is 38.4 Å². The van der Waals surface area contributed by atoms with Crippen LogP contribution >= 0.6 is 102 Å². The third kappa shape index (κ3) is 51.2. The number of esters is 4. The van der Waals surface area contributed by atoms with E-state index in [4.69, 9.17) is 35.6 Å². The number of thiol groups is 1. The van der Waals surface area contributed by atoms with Crippen molar-refractivity contribution in [3.05, 3.63) is 228 Å². The summed E-state index contributed by atoms with van der Waals surface area (Å²) in [4.78, 5) is 152. The Balaban J connectivity index is 0.000000803. The molecule has 9 rings (SSSR count). The van der Waals surface area contributed by atoms with Gasteiger partial charge < -0.3 is 81.6 Å². The van der Waals surface area contributed by atoms with Crippen LogP contribution in [0.15, 0.2) is 168 Å². The van der Waals surface area contributed by atoms with Gasteiger partial charge in [0.2, 0.25) is 24.0 Å². The Morgan fingerprint density at radius 1 is 0.489 bits per heavy atom. The van der Waals surface area contributed by atoms with Crippen molar-refractivity contribution in [3.8, 4) is 0 Å². The van der Waals surface area contributed by atoms with Gasteiger partial charge in [-0.2, -0.15) is 13.2 Å². The molecule has 0 bridgehead atoms. The van der Waals surface area contributed by atoms with Crippen LogP contribution in [0, 0.1) is 11.3 Å². The van der Waals surface area contributed by atoms with Crippen LogP contribution in [0.25, 0.3) is 0 Å². The van der Waals surface area contributed by atoms with Gasteiger partial charge in [-0.3, -0.25) is 24.0 Å². The zero-order chi connectivity index (χ0) is 99.7. The van der Waals surface area contributed by atoms with Crippen molar-refractivity contribution in [1.29, 1.82) is 0 Å². The van der Waals surface area contributed by atoms with E-state index in [1.807, 2.05) is 78.2 Å². The van der Waals surface area contributed by atoms with Crippen LogP contribution in [0.1, 0.15) is 216 Å². The Morgan fingerprint density at radius 2 is 0.774 bits per heavy atom. The first kappa shape index (κ1) is 121. The molecule has 4 aromatic heterocycles. The second-order valence-electron chi connectivity index (χ2n) is 32.2. The number of hydrogen-bond acceptors (Lipinski definition) is 28. The molecule has 0 aliphatic heterocycles. The molecule has 727 valence electrons. The number of carbonyl (C=O) groups is 13. The SMILES string of the molecule is CC(C)(C)C1CCC(=O)CC1.CC(C)(C)OC(=O)NC(C(=O)O)c1cccs1.COC(=O)c1ccc(CCN)cc1.COC(=O)c1ccc(CCNC(=O)C(N)c2ccc(Br)s2)cc1.COC(=O)c1ccc(CCNC(=O)C(NC(=O)OC(C)(C)C)c2ccc(Br)s2)cc1.COC(=O)c1ccc(CCNC(=O)C(NC(=O)OC(C)(C)C)c2cccs2)cc1.Cl.O=CC(F)(F)F.[B]=NS. The van der Waals surface area contributed by atoms with E-state index in [-0.39, 0.29) is 42.1 Å². The number of nitrogens with two attached hydrogens (primary N) is 2. The molecule has 1 fully saturated rings. The Bertz CT molecular complexity index is 4930. The minimum atomic E-state index is -4.64. The van der Waals surface area contributed by atoms with E-state index in [9.17, 15) is 70.7 Å². The first-order valence-corrected chi connectivity index (χ1v) is 46.1. The standard InChI is InChI=1S/C21H25BrN2O5S.C21H26N2O5S.C16H17BrN2O3S.C11H15NO4S.C10H13NO2.C10H18O.C2HF3O.BHNS.ClH/c1-21(2,3)29-20(27)24-17(15-9-10-16(22)30-15)18(25)23-12-11-13-5-7-14(8-6-13)19(26)28-4;1-21(2,3)28-20(26)23-17(16-6-5-13-29-16)18(24)22-12-11-14-7-9-15(10-8-14)19(25)27-4;1-22-16(21)11-4-2-10(3-5-11)8-9-19-15(20)14(18)12-6-7-13(17)23-12;1-11(2,3)16-10(15)12-8(9(13)14)7-5-4-6-17-7;1-13-10(12)9-4-2-8(3-5-9)6-7-11;1-10(2,3)8-4-6-9(11)7-5-8;3-2(4,5)1-6;1-2-3;/h5-10,17H,11-12H2,1-4H3,(H,23,25)(H,24,27);5-10,13,17H,11-12H2,1-4H3,(H,22,24)(H,23,26);2-7,14H,8-9,18H2,1H3,(H,19,20);4-6,8H,1-3H3,(H,12,15)(H,13,14);2-5H,6-7,11H2,1H3;8H,4-7H2,1-3H3;1H;3H;1H. The maximum absolute atomic E-state index is 12.8. The number of amides is 6. The van der Waals surface area contributed by atoms with Crippen molar-refractivity contribution in [2.45, 2.75) is 182 Å². The fourth-order valence-corrected chi connectivity index (χ4v) is 15.5. The first-order valence-electron chi connectivity index (χ1n) is 40.7. The van der Waals surface area contributed by atoms with Crippen LogP contribution in [0.5, 0.6) is 0 Å². The molecule has 6 amide bonds. The third-order valence-electron chi connectivity index (χ3n) is 17.4. The van der Waals surface area contributed by atoms with Gasteiger partial charge in [0.15, 0.2) is 6.04 Å². The summed E-state index contributed by atoms with van der Waals surface area (Å²) in [7, 11) is 9.72. The third-order valence-corrected chi connectivity index (χ3v) is 22.7. The molecule has 1 radical (unpaired) electrons. The Morgan fingerprint density at radius 3 is 1.03 bits per heavy atom. The Hall–Kier alpha value is -10.2. The number of rotatable bonds is 26. The summed E-state index contributed by atoms with van der Waals surface area (Å²) < 4.78 is 69.9. The number of benzene rings is 4. The molecule has 0 spiro atoms. The Labute approximate surface area is 818 Å². The molecule has 42 heteroatoms. The first-order chi connectivity index (χ1) is 61.8. The van der Waals surface area contributed by atoms with E-state index in [0.29, 0.717) is 88.6 Å².